The van der Waals surface area contributed by atoms with E-state index >= 15 is 0 Å². The van der Waals surface area contributed by atoms with Crippen molar-refractivity contribution in [1.82, 2.24) is 0 Å². The molecule has 17 nitrogen and oxygen atoms in total. The second-order valence-electron chi connectivity index (χ2n) is 25.7. The summed E-state index contributed by atoms with van der Waals surface area (Å²) in [5.41, 5.74) is 0. The summed E-state index contributed by atoms with van der Waals surface area (Å²) in [5, 5.41) is 10.6. The molecular formula is C70H136O17P2. The third kappa shape index (κ3) is 64.6. The van der Waals surface area contributed by atoms with Crippen LogP contribution >= 0.6 is 15.6 Å². The number of hydrogen-bond donors (Lipinski definition) is 3. The number of aliphatic hydroxyl groups excluding tert-OH is 1. The van der Waals surface area contributed by atoms with Gasteiger partial charge < -0.3 is 33.8 Å². The first kappa shape index (κ1) is 87.1. The minimum absolute atomic E-state index is 0.107. The average molecular weight is 1310 g/mol. The number of phosphoric ester groups is 2. The lowest BCUT2D eigenvalue weighted by Crippen LogP contribution is -2.30. The first-order chi connectivity index (χ1) is 43.0. The molecule has 0 bridgehead atoms. The van der Waals surface area contributed by atoms with E-state index in [-0.39, 0.29) is 25.7 Å². The summed E-state index contributed by atoms with van der Waals surface area (Å²) in [6, 6.07) is 0. The van der Waals surface area contributed by atoms with Crippen LogP contribution < -0.4 is 0 Å². The van der Waals surface area contributed by atoms with E-state index in [1.165, 1.54) is 173 Å². The molecule has 0 fully saturated rings. The maximum atomic E-state index is 13.0. The molecule has 0 heterocycles. The number of carbonyl (C=O) groups excluding carboxylic acids is 4. The fourth-order valence-electron chi connectivity index (χ4n) is 10.6. The highest BCUT2D eigenvalue weighted by Gasteiger charge is 2.30. The standard InChI is InChI=1S/C70H136O17P2/c1-6-9-12-15-18-20-22-24-26-30-34-39-44-49-54-68(73)81-60-66(87-70(75)56-51-46-41-36-32-28-29-33-38-42-47-52-63(4)5)62-85-89(78,79)83-58-64(71)57-82-88(76,77)84-61-65(59-80-67(72)53-48-43-37-17-14-11-8-3)86-69(74)55-50-45-40-35-31-27-25-23-21-19-16-13-10-7-2/h63-66,71H,6-62H2,1-5H3,(H,76,77)(H,78,79)/t64-,65+,66+/m0/s1. The molecule has 0 aliphatic rings. The Hall–Kier alpha value is -1.94. The van der Waals surface area contributed by atoms with Crippen molar-refractivity contribution in [3.05, 3.63) is 0 Å². The number of unbranched alkanes of at least 4 members (excludes halogenated alkanes) is 42. The van der Waals surface area contributed by atoms with Gasteiger partial charge in [0.05, 0.1) is 26.4 Å². The summed E-state index contributed by atoms with van der Waals surface area (Å²) in [7, 11) is -9.89. The van der Waals surface area contributed by atoms with Gasteiger partial charge in [-0.1, -0.05) is 311 Å². The Morgan fingerprint density at radius 3 is 0.764 bits per heavy atom. The first-order valence-electron chi connectivity index (χ1n) is 36.6. The molecule has 0 aromatic rings. The Bertz CT molecular complexity index is 1720. The fourth-order valence-corrected chi connectivity index (χ4v) is 12.2. The van der Waals surface area contributed by atoms with E-state index < -0.39 is 97.5 Å². The number of esters is 4. The molecule has 0 saturated heterocycles. The number of rotatable bonds is 70. The Morgan fingerprint density at radius 2 is 0.517 bits per heavy atom. The molecule has 89 heavy (non-hydrogen) atoms. The van der Waals surface area contributed by atoms with Crippen LogP contribution in [0.15, 0.2) is 0 Å². The molecule has 5 atom stereocenters. The Balaban J connectivity index is 5.20. The van der Waals surface area contributed by atoms with Crippen molar-refractivity contribution in [3.8, 4) is 0 Å². The third-order valence-electron chi connectivity index (χ3n) is 16.3. The Morgan fingerprint density at radius 1 is 0.303 bits per heavy atom. The zero-order valence-corrected chi connectivity index (χ0v) is 59.4. The van der Waals surface area contributed by atoms with Gasteiger partial charge in [-0.25, -0.2) is 9.13 Å². The molecule has 3 N–H and O–H groups in total. The molecule has 0 radical (unpaired) electrons. The third-order valence-corrected chi connectivity index (χ3v) is 18.2. The number of carbonyl (C=O) groups is 4. The number of hydrogen-bond acceptors (Lipinski definition) is 15. The molecule has 19 heteroatoms. The van der Waals surface area contributed by atoms with Crippen LogP contribution in [0.4, 0.5) is 0 Å². The lowest BCUT2D eigenvalue weighted by molar-refractivity contribution is -0.161. The predicted molar refractivity (Wildman–Crippen MR) is 358 cm³/mol. The lowest BCUT2D eigenvalue weighted by atomic mass is 10.0. The molecule has 0 spiro atoms. The van der Waals surface area contributed by atoms with Gasteiger partial charge in [-0.2, -0.15) is 0 Å². The molecule has 0 aliphatic carbocycles. The van der Waals surface area contributed by atoms with Crippen molar-refractivity contribution in [2.45, 2.75) is 380 Å². The predicted octanol–water partition coefficient (Wildman–Crippen LogP) is 20.1. The van der Waals surface area contributed by atoms with Crippen molar-refractivity contribution in [1.29, 1.82) is 0 Å². The molecule has 0 amide bonds. The highest BCUT2D eigenvalue weighted by Crippen LogP contribution is 2.45. The smallest absolute Gasteiger partial charge is 0.462 e. The van der Waals surface area contributed by atoms with Gasteiger partial charge >= 0.3 is 39.5 Å². The van der Waals surface area contributed by atoms with Gasteiger partial charge in [0.15, 0.2) is 12.2 Å². The summed E-state index contributed by atoms with van der Waals surface area (Å²) in [6.07, 6.45) is 49.9. The van der Waals surface area contributed by atoms with Crippen molar-refractivity contribution >= 4 is 39.5 Å². The first-order valence-corrected chi connectivity index (χ1v) is 39.6. The molecule has 2 unspecified atom stereocenters. The van der Waals surface area contributed by atoms with E-state index in [2.05, 4.69) is 34.6 Å². The molecule has 0 saturated carbocycles. The highest BCUT2D eigenvalue weighted by molar-refractivity contribution is 7.47. The summed E-state index contributed by atoms with van der Waals surface area (Å²) in [6.45, 7) is 7.22. The van der Waals surface area contributed by atoms with Crippen LogP contribution in [0.1, 0.15) is 362 Å². The summed E-state index contributed by atoms with van der Waals surface area (Å²) in [5.74, 6) is -1.36. The molecular weight excluding hydrogens is 1170 g/mol. The van der Waals surface area contributed by atoms with Crippen molar-refractivity contribution in [2.24, 2.45) is 5.92 Å². The average Bonchev–Trinajstić information content (AvgIpc) is 3.55. The SMILES string of the molecule is CCCCCCCCCCCCCCCCC(=O)OC[C@H](COP(=O)(O)OC[C@@H](O)COP(=O)(O)OC[C@@H](COC(=O)CCCCCCCCC)OC(=O)CCCCCCCCCCCCCCCC)OC(=O)CCCCCCCCCCCCCC(C)C. The van der Waals surface area contributed by atoms with Crippen LogP contribution in [0.25, 0.3) is 0 Å². The minimum atomic E-state index is -4.95. The second kappa shape index (κ2) is 63.5. The summed E-state index contributed by atoms with van der Waals surface area (Å²) in [4.78, 5) is 72.4. The van der Waals surface area contributed by atoms with Gasteiger partial charge in [-0.05, 0) is 31.6 Å². The van der Waals surface area contributed by atoms with E-state index in [4.69, 9.17) is 37.0 Å². The van der Waals surface area contributed by atoms with E-state index in [1.807, 2.05) is 0 Å². The van der Waals surface area contributed by atoms with Crippen molar-refractivity contribution in [2.75, 3.05) is 39.6 Å². The zero-order valence-electron chi connectivity index (χ0n) is 57.6. The summed E-state index contributed by atoms with van der Waals surface area (Å²) < 4.78 is 68.2. The number of phosphoric acid groups is 2. The zero-order chi connectivity index (χ0) is 65.6. The van der Waals surface area contributed by atoms with Crippen molar-refractivity contribution in [3.63, 3.8) is 0 Å². The van der Waals surface area contributed by atoms with Gasteiger partial charge in [0.1, 0.15) is 19.3 Å². The lowest BCUT2D eigenvalue weighted by Gasteiger charge is -2.21. The van der Waals surface area contributed by atoms with Gasteiger partial charge in [-0.15, -0.1) is 0 Å². The molecule has 528 valence electrons. The topological polar surface area (TPSA) is 237 Å². The van der Waals surface area contributed by atoms with Crippen molar-refractivity contribution < 1.29 is 80.2 Å². The van der Waals surface area contributed by atoms with E-state index in [0.29, 0.717) is 25.7 Å². The summed E-state index contributed by atoms with van der Waals surface area (Å²) >= 11 is 0. The number of aliphatic hydroxyl groups is 1. The Kier molecular flexibility index (Phi) is 62.1. The maximum Gasteiger partial charge on any atom is 0.472 e. The largest absolute Gasteiger partial charge is 0.472 e. The normalized spacial score (nSPS) is 14.1. The van der Waals surface area contributed by atoms with Crippen LogP contribution in [0.3, 0.4) is 0 Å². The second-order valence-corrected chi connectivity index (χ2v) is 28.7. The van der Waals surface area contributed by atoms with Crippen LogP contribution in [0.5, 0.6) is 0 Å². The maximum absolute atomic E-state index is 13.0. The van der Waals surface area contributed by atoms with E-state index in [9.17, 15) is 43.2 Å². The monoisotopic (exact) mass is 1310 g/mol. The number of ether oxygens (including phenoxy) is 4. The molecule has 0 aliphatic heterocycles. The molecule has 0 aromatic heterocycles. The van der Waals surface area contributed by atoms with Gasteiger partial charge in [0.25, 0.3) is 0 Å². The van der Waals surface area contributed by atoms with Gasteiger partial charge in [0.2, 0.25) is 0 Å². The van der Waals surface area contributed by atoms with Crippen LogP contribution in [0, 0.1) is 5.92 Å². The highest BCUT2D eigenvalue weighted by atomic mass is 31.2. The molecule has 0 aromatic carbocycles. The van der Waals surface area contributed by atoms with Gasteiger partial charge in [0, 0.05) is 25.7 Å². The Labute approximate surface area is 543 Å². The van der Waals surface area contributed by atoms with E-state index in [0.717, 1.165) is 109 Å². The van der Waals surface area contributed by atoms with Crippen LogP contribution in [0.2, 0.25) is 0 Å². The van der Waals surface area contributed by atoms with Gasteiger partial charge in [-0.3, -0.25) is 37.3 Å². The van der Waals surface area contributed by atoms with E-state index in [1.54, 1.807) is 0 Å². The van der Waals surface area contributed by atoms with Crippen LogP contribution in [-0.4, -0.2) is 96.7 Å². The minimum Gasteiger partial charge on any atom is -0.462 e. The fraction of sp³-hybridized carbons (Fsp3) is 0.943. The quantitative estimate of drug-likeness (QED) is 0.0222. The van der Waals surface area contributed by atoms with Crippen LogP contribution in [-0.2, 0) is 65.4 Å². The molecule has 0 rings (SSSR count).